The van der Waals surface area contributed by atoms with E-state index >= 15 is 0 Å². The third-order valence-corrected chi connectivity index (χ3v) is 5.67. The first kappa shape index (κ1) is 17.2. The summed E-state index contributed by atoms with van der Waals surface area (Å²) in [4.78, 5) is 3.86. The number of fused-ring (bicyclic) bond motifs is 2. The number of nitrogens with zero attached hydrogens (tertiary/aromatic N) is 3. The Kier molecular flexibility index (Phi) is 3.56. The van der Waals surface area contributed by atoms with Crippen LogP contribution in [0.4, 0.5) is 17.6 Å². The number of hydrogen-bond acceptors (Lipinski definition) is 5. The molecule has 7 nitrogen and oxygen atoms in total. The van der Waals surface area contributed by atoms with Crippen molar-refractivity contribution in [2.45, 2.75) is 12.2 Å². The van der Waals surface area contributed by atoms with E-state index in [1.807, 2.05) is 0 Å². The molecule has 0 saturated heterocycles. The van der Waals surface area contributed by atoms with Crippen LogP contribution in [0.25, 0.3) is 11.0 Å². The summed E-state index contributed by atoms with van der Waals surface area (Å²) >= 11 is 2.94. The van der Waals surface area contributed by atoms with Crippen molar-refractivity contribution in [3.8, 4) is 11.5 Å². The second-order valence-corrected chi connectivity index (χ2v) is 7.66. The second-order valence-electron chi connectivity index (χ2n) is 4.96. The molecule has 2 heterocycles. The molecule has 1 aromatic carbocycles. The molecule has 0 atom stereocenters. The molecule has 3 rings (SSSR count). The third kappa shape index (κ3) is 2.33. The summed E-state index contributed by atoms with van der Waals surface area (Å²) in [5.74, 6) is -1.42. The van der Waals surface area contributed by atoms with Gasteiger partial charge < -0.3 is 9.47 Å². The Labute approximate surface area is 141 Å². The Balaban J connectivity index is 2.27. The molecule has 1 aliphatic rings. The molecular weight excluding hydrogens is 426 g/mol. The minimum Gasteiger partial charge on any atom is -0.421 e. The SMILES string of the molecule is CN(C)S(=O)(=O)n1c(Br)nc2cc3c(cc21)OC(F)(F)C(F)(F)O3. The highest BCUT2D eigenvalue weighted by Gasteiger charge is 2.66. The molecule has 0 saturated carbocycles. The highest BCUT2D eigenvalue weighted by Crippen LogP contribution is 2.48. The average Bonchev–Trinajstić information content (AvgIpc) is 2.72. The number of aromatic nitrogens is 2. The average molecular weight is 434 g/mol. The fourth-order valence-electron chi connectivity index (χ4n) is 1.97. The van der Waals surface area contributed by atoms with Gasteiger partial charge in [-0.15, -0.1) is 0 Å². The molecule has 0 aliphatic carbocycles. The van der Waals surface area contributed by atoms with Crippen LogP contribution in [0.5, 0.6) is 11.5 Å². The minimum atomic E-state index is -4.91. The maximum Gasteiger partial charge on any atom is 0.507 e. The van der Waals surface area contributed by atoms with Gasteiger partial charge in [-0.3, -0.25) is 0 Å². The second kappa shape index (κ2) is 4.95. The van der Waals surface area contributed by atoms with E-state index in [4.69, 9.17) is 0 Å². The maximum absolute atomic E-state index is 13.3. The van der Waals surface area contributed by atoms with E-state index in [1.54, 1.807) is 0 Å². The molecule has 132 valence electrons. The van der Waals surface area contributed by atoms with Gasteiger partial charge in [-0.25, -0.2) is 4.98 Å². The number of alkyl halides is 4. The van der Waals surface area contributed by atoms with Gasteiger partial charge in [0.25, 0.3) is 0 Å². The van der Waals surface area contributed by atoms with E-state index < -0.39 is 33.9 Å². The highest BCUT2D eigenvalue weighted by molar-refractivity contribution is 9.10. The first-order valence-corrected chi connectivity index (χ1v) is 8.34. The van der Waals surface area contributed by atoms with Crippen molar-refractivity contribution in [2.75, 3.05) is 14.1 Å². The van der Waals surface area contributed by atoms with Crippen LogP contribution in [0.2, 0.25) is 0 Å². The Bertz CT molecular complexity index is 944. The van der Waals surface area contributed by atoms with Crippen molar-refractivity contribution >= 4 is 37.2 Å². The van der Waals surface area contributed by atoms with Crippen molar-refractivity contribution < 1.29 is 35.5 Å². The van der Waals surface area contributed by atoms with Gasteiger partial charge in [-0.1, -0.05) is 0 Å². The van der Waals surface area contributed by atoms with Crippen molar-refractivity contribution in [2.24, 2.45) is 0 Å². The summed E-state index contributed by atoms with van der Waals surface area (Å²) < 4.78 is 87.0. The topological polar surface area (TPSA) is 73.7 Å². The fourth-order valence-corrected chi connectivity index (χ4v) is 3.86. The number of benzene rings is 1. The molecule has 1 aliphatic heterocycles. The molecule has 0 fully saturated rings. The van der Waals surface area contributed by atoms with E-state index in [2.05, 4.69) is 30.4 Å². The smallest absolute Gasteiger partial charge is 0.421 e. The van der Waals surface area contributed by atoms with E-state index in [1.165, 1.54) is 14.1 Å². The Hall–Kier alpha value is -1.60. The van der Waals surface area contributed by atoms with Crippen molar-refractivity contribution in [3.05, 3.63) is 16.9 Å². The maximum atomic E-state index is 13.3. The summed E-state index contributed by atoms with van der Waals surface area (Å²) in [7, 11) is -1.56. The molecule has 0 N–H and O–H groups in total. The Morgan fingerprint density at radius 2 is 1.62 bits per heavy atom. The largest absolute Gasteiger partial charge is 0.507 e. The van der Waals surface area contributed by atoms with E-state index in [9.17, 15) is 26.0 Å². The monoisotopic (exact) mass is 433 g/mol. The number of ether oxygens (including phenoxy) is 2. The standard InChI is InChI=1S/C11H8BrF4N3O4S/c1-18(2)24(20,21)19-6-4-8-7(3-5(6)17-9(19)12)22-10(13,14)11(15,16)23-8/h3-4H,1-2H3. The molecule has 1 aromatic heterocycles. The summed E-state index contributed by atoms with van der Waals surface area (Å²) in [6.45, 7) is 0. The number of rotatable bonds is 2. The number of imidazole rings is 1. The van der Waals surface area contributed by atoms with Gasteiger partial charge in [0, 0.05) is 26.2 Å². The van der Waals surface area contributed by atoms with Crippen LogP contribution >= 0.6 is 15.9 Å². The minimum absolute atomic E-state index is 0.0735. The zero-order valence-corrected chi connectivity index (χ0v) is 14.3. The van der Waals surface area contributed by atoms with Crippen LogP contribution in [0.3, 0.4) is 0 Å². The zero-order chi connectivity index (χ0) is 18.1. The van der Waals surface area contributed by atoms with Gasteiger partial charge in [-0.2, -0.15) is 34.3 Å². The quantitative estimate of drug-likeness (QED) is 0.680. The molecule has 0 radical (unpaired) electrons. The lowest BCUT2D eigenvalue weighted by atomic mass is 10.2. The van der Waals surface area contributed by atoms with Gasteiger partial charge in [0.2, 0.25) is 0 Å². The van der Waals surface area contributed by atoms with Crippen LogP contribution < -0.4 is 9.47 Å². The highest BCUT2D eigenvalue weighted by atomic mass is 79.9. The van der Waals surface area contributed by atoms with Crippen LogP contribution in [0, 0.1) is 0 Å². The molecule has 2 aromatic rings. The molecule has 0 unspecified atom stereocenters. The van der Waals surface area contributed by atoms with E-state index in [0.717, 1.165) is 16.4 Å². The van der Waals surface area contributed by atoms with Crippen molar-refractivity contribution in [1.29, 1.82) is 0 Å². The first-order valence-electron chi connectivity index (χ1n) is 6.15. The van der Waals surface area contributed by atoms with E-state index in [0.29, 0.717) is 3.97 Å². The summed E-state index contributed by atoms with van der Waals surface area (Å²) in [6, 6.07) is 1.73. The van der Waals surface area contributed by atoms with Gasteiger partial charge in [0.1, 0.15) is 0 Å². The predicted octanol–water partition coefficient (Wildman–Crippen LogP) is 2.41. The Morgan fingerprint density at radius 1 is 1.12 bits per heavy atom. The van der Waals surface area contributed by atoms with Crippen LogP contribution in [0.15, 0.2) is 16.9 Å². The number of halogens is 5. The lowest BCUT2D eigenvalue weighted by molar-refractivity contribution is -0.391. The van der Waals surface area contributed by atoms with Crippen molar-refractivity contribution in [3.63, 3.8) is 0 Å². The molecule has 0 bridgehead atoms. The van der Waals surface area contributed by atoms with Crippen LogP contribution in [-0.2, 0) is 10.2 Å². The van der Waals surface area contributed by atoms with Gasteiger partial charge in [0.15, 0.2) is 16.2 Å². The number of hydrogen-bond donors (Lipinski definition) is 0. The normalized spacial score (nSPS) is 19.0. The lowest BCUT2D eigenvalue weighted by Gasteiger charge is -2.31. The van der Waals surface area contributed by atoms with Crippen LogP contribution in [0.1, 0.15) is 0 Å². The molecule has 0 amide bonds. The zero-order valence-electron chi connectivity index (χ0n) is 11.9. The predicted molar refractivity (Wildman–Crippen MR) is 76.6 cm³/mol. The molecule has 0 spiro atoms. The van der Waals surface area contributed by atoms with Gasteiger partial charge >= 0.3 is 22.4 Å². The lowest BCUT2D eigenvalue weighted by Crippen LogP contribution is -2.52. The summed E-state index contributed by atoms with van der Waals surface area (Å²) in [5.41, 5.74) is -0.227. The summed E-state index contributed by atoms with van der Waals surface area (Å²) in [5, 5.41) is 0. The van der Waals surface area contributed by atoms with Crippen molar-refractivity contribution in [1.82, 2.24) is 13.3 Å². The van der Waals surface area contributed by atoms with Gasteiger partial charge in [0.05, 0.1) is 11.0 Å². The summed E-state index contributed by atoms with van der Waals surface area (Å²) in [6.07, 6.45) is -9.78. The first-order chi connectivity index (χ1) is 10.9. The van der Waals surface area contributed by atoms with Gasteiger partial charge in [-0.05, 0) is 15.9 Å². The molecule has 13 heteroatoms. The van der Waals surface area contributed by atoms with Crippen LogP contribution in [-0.4, -0.2) is 48.0 Å². The molecule has 24 heavy (non-hydrogen) atoms. The molecular formula is C11H8BrF4N3O4S. The fraction of sp³-hybridized carbons (Fsp3) is 0.364. The van der Waals surface area contributed by atoms with E-state index in [-0.39, 0.29) is 15.8 Å². The Morgan fingerprint density at radius 3 is 2.12 bits per heavy atom. The third-order valence-electron chi connectivity index (χ3n) is 3.15.